The second-order valence-electron chi connectivity index (χ2n) is 5.54. The van der Waals surface area contributed by atoms with Gasteiger partial charge in [-0.3, -0.25) is 4.68 Å². The first kappa shape index (κ1) is 10.3. The van der Waals surface area contributed by atoms with Crippen molar-refractivity contribution in [2.45, 2.75) is 57.5 Å². The molecule has 0 amide bonds. The molecular formula is C13H21N3. The molecule has 1 atom stereocenters. The van der Waals surface area contributed by atoms with Crippen LogP contribution in [0.5, 0.6) is 0 Å². The van der Waals surface area contributed by atoms with Crippen LogP contribution in [-0.2, 0) is 6.54 Å². The largest absolute Gasteiger partial charge is 0.323 e. The van der Waals surface area contributed by atoms with Crippen LogP contribution in [0, 0.1) is 5.92 Å². The van der Waals surface area contributed by atoms with Gasteiger partial charge in [0.2, 0.25) is 0 Å². The monoisotopic (exact) mass is 219 g/mol. The number of rotatable bonds is 4. The Hall–Kier alpha value is -0.830. The molecule has 3 nitrogen and oxygen atoms in total. The second-order valence-corrected chi connectivity index (χ2v) is 5.54. The summed E-state index contributed by atoms with van der Waals surface area (Å²) in [6.45, 7) is 3.15. The fourth-order valence-corrected chi connectivity index (χ4v) is 2.41. The predicted octanol–water partition coefficient (Wildman–Crippen LogP) is 2.58. The summed E-state index contributed by atoms with van der Waals surface area (Å²) in [5.41, 5.74) is 8.54. The van der Waals surface area contributed by atoms with E-state index in [0.717, 1.165) is 18.4 Å². The van der Waals surface area contributed by atoms with Gasteiger partial charge >= 0.3 is 0 Å². The van der Waals surface area contributed by atoms with Gasteiger partial charge in [0, 0.05) is 18.5 Å². The van der Waals surface area contributed by atoms with Crippen molar-refractivity contribution < 1.29 is 0 Å². The molecule has 0 saturated heterocycles. The average Bonchev–Trinajstić information content (AvgIpc) is 2.84. The summed E-state index contributed by atoms with van der Waals surface area (Å²) < 4.78 is 2.18. The summed E-state index contributed by atoms with van der Waals surface area (Å²) >= 11 is 0. The lowest BCUT2D eigenvalue weighted by Gasteiger charge is -2.22. The van der Waals surface area contributed by atoms with Crippen molar-refractivity contribution in [3.63, 3.8) is 0 Å². The van der Waals surface area contributed by atoms with Crippen LogP contribution in [0.4, 0.5) is 0 Å². The molecule has 2 aliphatic rings. The molecule has 0 bridgehead atoms. The third kappa shape index (κ3) is 1.88. The molecule has 3 rings (SSSR count). The average molecular weight is 219 g/mol. The molecule has 0 aliphatic heterocycles. The lowest BCUT2D eigenvalue weighted by atomic mass is 9.83. The first-order valence-corrected chi connectivity index (χ1v) is 6.57. The molecule has 0 radical (unpaired) electrons. The maximum absolute atomic E-state index is 6.02. The number of nitrogens with zero attached hydrogens (tertiary/aromatic N) is 2. The highest BCUT2D eigenvalue weighted by molar-refractivity contribution is 5.19. The van der Waals surface area contributed by atoms with Gasteiger partial charge in [-0.25, -0.2) is 0 Å². The van der Waals surface area contributed by atoms with Crippen LogP contribution < -0.4 is 5.73 Å². The van der Waals surface area contributed by atoms with Crippen molar-refractivity contribution in [1.82, 2.24) is 9.78 Å². The van der Waals surface area contributed by atoms with Gasteiger partial charge < -0.3 is 5.73 Å². The molecule has 0 spiro atoms. The van der Waals surface area contributed by atoms with Gasteiger partial charge in [-0.2, -0.15) is 5.10 Å². The molecular weight excluding hydrogens is 198 g/mol. The molecule has 3 heteroatoms. The van der Waals surface area contributed by atoms with E-state index in [0.29, 0.717) is 0 Å². The predicted molar refractivity (Wildman–Crippen MR) is 64.1 cm³/mol. The van der Waals surface area contributed by atoms with Crippen molar-refractivity contribution in [1.29, 1.82) is 0 Å². The molecule has 2 fully saturated rings. The van der Waals surface area contributed by atoms with Gasteiger partial charge in [-0.1, -0.05) is 6.42 Å². The Morgan fingerprint density at radius 1 is 1.44 bits per heavy atom. The van der Waals surface area contributed by atoms with Crippen LogP contribution in [0.15, 0.2) is 6.07 Å². The summed E-state index contributed by atoms with van der Waals surface area (Å²) in [7, 11) is 0. The summed E-state index contributed by atoms with van der Waals surface area (Å²) in [6.07, 6.45) is 6.75. The standard InChI is InChI=1S/C13H21N3/c1-9(14)13-7-12(11-3-2-4-11)15-16(13)8-10-5-6-10/h7,9-11H,2-6,8,14H2,1H3/t9-/m1/s1. The van der Waals surface area contributed by atoms with E-state index in [1.165, 1.54) is 43.5 Å². The lowest BCUT2D eigenvalue weighted by molar-refractivity contribution is 0.403. The van der Waals surface area contributed by atoms with E-state index in [-0.39, 0.29) is 6.04 Å². The minimum Gasteiger partial charge on any atom is -0.323 e. The molecule has 1 aromatic rings. The molecule has 16 heavy (non-hydrogen) atoms. The molecule has 1 aromatic heterocycles. The summed E-state index contributed by atoms with van der Waals surface area (Å²) in [6, 6.07) is 2.36. The number of hydrogen-bond donors (Lipinski definition) is 1. The van der Waals surface area contributed by atoms with E-state index in [1.807, 2.05) is 0 Å². The van der Waals surface area contributed by atoms with E-state index < -0.39 is 0 Å². The van der Waals surface area contributed by atoms with E-state index in [1.54, 1.807) is 0 Å². The molecule has 88 valence electrons. The molecule has 1 heterocycles. The SMILES string of the molecule is C[C@@H](N)c1cc(C2CCC2)nn1CC1CC1. The Bertz CT molecular complexity index is 373. The van der Waals surface area contributed by atoms with E-state index in [2.05, 4.69) is 17.7 Å². The summed E-state index contributed by atoms with van der Waals surface area (Å²) in [5.74, 6) is 1.59. The Morgan fingerprint density at radius 2 is 2.19 bits per heavy atom. The highest BCUT2D eigenvalue weighted by atomic mass is 15.3. The van der Waals surface area contributed by atoms with Gasteiger partial charge in [0.25, 0.3) is 0 Å². The van der Waals surface area contributed by atoms with E-state index in [9.17, 15) is 0 Å². The number of hydrogen-bond acceptors (Lipinski definition) is 2. The maximum atomic E-state index is 6.02. The zero-order valence-corrected chi connectivity index (χ0v) is 10.0. The smallest absolute Gasteiger partial charge is 0.0659 e. The molecule has 2 saturated carbocycles. The zero-order valence-electron chi connectivity index (χ0n) is 10.0. The van der Waals surface area contributed by atoms with E-state index >= 15 is 0 Å². The Balaban J connectivity index is 1.83. The van der Waals surface area contributed by atoms with Crippen LogP contribution >= 0.6 is 0 Å². The molecule has 0 unspecified atom stereocenters. The van der Waals surface area contributed by atoms with Gasteiger partial charge in [0.1, 0.15) is 0 Å². The lowest BCUT2D eigenvalue weighted by Crippen LogP contribution is -2.14. The van der Waals surface area contributed by atoms with Crippen LogP contribution in [-0.4, -0.2) is 9.78 Å². The van der Waals surface area contributed by atoms with Gasteiger partial charge in [-0.15, -0.1) is 0 Å². The van der Waals surface area contributed by atoms with Gasteiger partial charge in [0.15, 0.2) is 0 Å². The van der Waals surface area contributed by atoms with Crippen LogP contribution in [0.25, 0.3) is 0 Å². The summed E-state index contributed by atoms with van der Waals surface area (Å²) in [5, 5.41) is 4.77. The van der Waals surface area contributed by atoms with Crippen LogP contribution in [0.2, 0.25) is 0 Å². The molecule has 2 aliphatic carbocycles. The number of nitrogens with two attached hydrogens (primary N) is 1. The normalized spacial score (nSPS) is 23.1. The van der Waals surface area contributed by atoms with E-state index in [4.69, 9.17) is 10.8 Å². The first-order valence-electron chi connectivity index (χ1n) is 6.57. The van der Waals surface area contributed by atoms with Crippen molar-refractivity contribution in [2.24, 2.45) is 11.7 Å². The minimum atomic E-state index is 0.111. The Morgan fingerprint density at radius 3 is 2.69 bits per heavy atom. The quantitative estimate of drug-likeness (QED) is 0.845. The van der Waals surface area contributed by atoms with Crippen LogP contribution in [0.3, 0.4) is 0 Å². The van der Waals surface area contributed by atoms with Crippen molar-refractivity contribution in [3.05, 3.63) is 17.5 Å². The first-order chi connectivity index (χ1) is 7.74. The molecule has 2 N–H and O–H groups in total. The fraction of sp³-hybridized carbons (Fsp3) is 0.769. The van der Waals surface area contributed by atoms with Gasteiger partial charge in [0.05, 0.1) is 11.4 Å². The number of aromatic nitrogens is 2. The highest BCUT2D eigenvalue weighted by Crippen LogP contribution is 2.37. The topological polar surface area (TPSA) is 43.8 Å². The fourth-order valence-electron chi connectivity index (χ4n) is 2.41. The Labute approximate surface area is 97.0 Å². The van der Waals surface area contributed by atoms with Gasteiger partial charge in [-0.05, 0) is 44.6 Å². The summed E-state index contributed by atoms with van der Waals surface area (Å²) in [4.78, 5) is 0. The zero-order chi connectivity index (χ0) is 11.1. The van der Waals surface area contributed by atoms with Crippen molar-refractivity contribution in [3.8, 4) is 0 Å². The maximum Gasteiger partial charge on any atom is 0.0659 e. The van der Waals surface area contributed by atoms with Crippen LogP contribution in [0.1, 0.15) is 62.4 Å². The molecule has 0 aromatic carbocycles. The highest BCUT2D eigenvalue weighted by Gasteiger charge is 2.27. The third-order valence-electron chi connectivity index (χ3n) is 3.95. The Kier molecular flexibility index (Phi) is 2.51. The third-order valence-corrected chi connectivity index (χ3v) is 3.95. The minimum absolute atomic E-state index is 0.111. The van der Waals surface area contributed by atoms with Crippen molar-refractivity contribution in [2.75, 3.05) is 0 Å². The van der Waals surface area contributed by atoms with Crippen molar-refractivity contribution >= 4 is 0 Å². The second kappa shape index (κ2) is 3.88.